The van der Waals surface area contributed by atoms with Gasteiger partial charge in [-0.1, -0.05) is 176 Å². The van der Waals surface area contributed by atoms with Crippen molar-refractivity contribution in [3.63, 3.8) is 0 Å². The highest BCUT2D eigenvalue weighted by Crippen LogP contribution is 2.59. The third kappa shape index (κ3) is 6.93. The molecular weight excluding hydrogens is 833 g/mol. The molecule has 330 valence electrons. The maximum Gasteiger partial charge on any atom is 0.0674 e. The van der Waals surface area contributed by atoms with Crippen molar-refractivity contribution in [2.45, 2.75) is 43.9 Å². The van der Waals surface area contributed by atoms with Crippen molar-refractivity contribution in [2.75, 3.05) is 4.90 Å². The van der Waals surface area contributed by atoms with Crippen molar-refractivity contribution in [1.82, 2.24) is 4.57 Å². The molecule has 0 spiro atoms. The van der Waals surface area contributed by atoms with E-state index < -0.39 is 0 Å². The minimum Gasteiger partial charge on any atom is -0.310 e. The molecule has 1 atom stereocenters. The smallest absolute Gasteiger partial charge is 0.0674 e. The molecule has 0 radical (unpaired) electrons. The zero-order valence-corrected chi connectivity index (χ0v) is 38.7. The normalized spacial score (nSPS) is 17.2. The van der Waals surface area contributed by atoms with E-state index in [1.807, 2.05) is 0 Å². The number of allylic oxidation sites excluding steroid dienone is 12. The number of anilines is 3. The quantitative estimate of drug-likeness (QED) is 0.140. The van der Waals surface area contributed by atoms with Crippen LogP contribution in [-0.4, -0.2) is 4.57 Å². The highest BCUT2D eigenvalue weighted by Gasteiger charge is 2.48. The number of rotatable bonds is 9. The second-order valence-electron chi connectivity index (χ2n) is 18.9. The van der Waals surface area contributed by atoms with Gasteiger partial charge in [0.05, 0.1) is 16.4 Å². The molecule has 8 aromatic carbocycles. The monoisotopic (exact) mass is 884 g/mol. The van der Waals surface area contributed by atoms with Crippen LogP contribution in [0.5, 0.6) is 0 Å². The molecule has 0 saturated carbocycles. The molecule has 1 unspecified atom stereocenters. The van der Waals surface area contributed by atoms with Crippen LogP contribution in [0.4, 0.5) is 17.1 Å². The van der Waals surface area contributed by atoms with Gasteiger partial charge in [-0.25, -0.2) is 0 Å². The Balaban J connectivity index is 0.954. The van der Waals surface area contributed by atoms with Crippen LogP contribution in [-0.2, 0) is 5.41 Å². The van der Waals surface area contributed by atoms with E-state index in [1.54, 1.807) is 0 Å². The fraction of sp³-hybridized carbons (Fsp3) is 0.104. The summed E-state index contributed by atoms with van der Waals surface area (Å²) >= 11 is 0. The maximum absolute atomic E-state index is 2.52. The van der Waals surface area contributed by atoms with Crippen molar-refractivity contribution >= 4 is 50.1 Å². The fourth-order valence-electron chi connectivity index (χ4n) is 11.9. The molecule has 0 amide bonds. The molecule has 4 aliphatic rings. The second-order valence-corrected chi connectivity index (χ2v) is 18.9. The van der Waals surface area contributed by atoms with E-state index in [0.717, 1.165) is 55.6 Å². The van der Waals surface area contributed by atoms with Gasteiger partial charge in [0.25, 0.3) is 0 Å². The number of nitrogens with zero attached hydrogens (tertiary/aromatic N) is 2. The Hall–Kier alpha value is -8.20. The third-order valence-corrected chi connectivity index (χ3v) is 15.0. The van der Waals surface area contributed by atoms with Gasteiger partial charge in [-0.2, -0.15) is 0 Å². The molecular formula is C67H52N2. The second kappa shape index (κ2) is 17.1. The molecule has 13 rings (SSSR count). The number of para-hydroxylation sites is 1. The Morgan fingerprint density at radius 2 is 1.01 bits per heavy atom. The predicted molar refractivity (Wildman–Crippen MR) is 292 cm³/mol. The van der Waals surface area contributed by atoms with Crippen LogP contribution >= 0.6 is 0 Å². The first-order valence-corrected chi connectivity index (χ1v) is 24.8. The summed E-state index contributed by atoms with van der Waals surface area (Å²) < 4.78 is 2.43. The predicted octanol–water partition coefficient (Wildman–Crippen LogP) is 18.1. The van der Waals surface area contributed by atoms with Crippen LogP contribution < -0.4 is 4.90 Å². The van der Waals surface area contributed by atoms with E-state index in [9.17, 15) is 0 Å². The summed E-state index contributed by atoms with van der Waals surface area (Å²) in [5.74, 6) is 0. The van der Waals surface area contributed by atoms with E-state index in [0.29, 0.717) is 0 Å². The zero-order chi connectivity index (χ0) is 45.7. The van der Waals surface area contributed by atoms with Crippen molar-refractivity contribution in [3.8, 4) is 33.4 Å². The molecule has 0 saturated heterocycles. The highest BCUT2D eigenvalue weighted by atomic mass is 15.1. The topological polar surface area (TPSA) is 8.17 Å². The number of aromatic nitrogens is 1. The van der Waals surface area contributed by atoms with Gasteiger partial charge in [0.1, 0.15) is 0 Å². The highest BCUT2D eigenvalue weighted by molar-refractivity contribution is 6.11. The minimum atomic E-state index is -0.383. The Kier molecular flexibility index (Phi) is 10.2. The van der Waals surface area contributed by atoms with Crippen molar-refractivity contribution in [1.29, 1.82) is 0 Å². The van der Waals surface area contributed by atoms with Gasteiger partial charge in [0, 0.05) is 33.5 Å². The van der Waals surface area contributed by atoms with Crippen LogP contribution in [0.3, 0.4) is 0 Å². The molecule has 1 aromatic heterocycles. The summed E-state index contributed by atoms with van der Waals surface area (Å²) in [5.41, 5.74) is 22.2. The lowest BCUT2D eigenvalue weighted by Gasteiger charge is -2.38. The lowest BCUT2D eigenvalue weighted by atomic mass is 9.64. The van der Waals surface area contributed by atoms with Gasteiger partial charge < -0.3 is 9.47 Å². The molecule has 4 aliphatic carbocycles. The van der Waals surface area contributed by atoms with Crippen LogP contribution in [0, 0.1) is 0 Å². The van der Waals surface area contributed by atoms with Gasteiger partial charge in [0.15, 0.2) is 0 Å². The first kappa shape index (κ1) is 41.0. The molecule has 2 nitrogen and oxygen atoms in total. The van der Waals surface area contributed by atoms with Gasteiger partial charge >= 0.3 is 0 Å². The van der Waals surface area contributed by atoms with E-state index in [2.05, 4.69) is 252 Å². The van der Waals surface area contributed by atoms with E-state index >= 15 is 0 Å². The SMILES string of the molecule is C1=CC(n2c3ccccc3c3cc(-c4cccc(-c5cccc(N(c6cccc(-c7ccccc7)c6)c6ccc7c(c6)C(C6=CCCC=C6)(c6ccccc6)C6=C7C=CCC6)c5)c4)ccc32)=CCC1. The van der Waals surface area contributed by atoms with Crippen molar-refractivity contribution < 1.29 is 0 Å². The van der Waals surface area contributed by atoms with Crippen LogP contribution in [0.1, 0.15) is 55.2 Å². The number of benzene rings is 8. The van der Waals surface area contributed by atoms with Crippen molar-refractivity contribution in [2.24, 2.45) is 0 Å². The average molecular weight is 885 g/mol. The molecule has 0 fully saturated rings. The molecule has 0 aliphatic heterocycles. The Labute approximate surface area is 405 Å². The standard InChI is InChI=1S/C67H52N2/c1-5-20-47(21-6-1)50-24-18-32-56(43-50)68(58-39-40-60-59-34-13-15-36-63(59)67(64(60)46-58,53-26-7-2-8-27-53)54-28-9-3-10-29-54)57-33-19-25-51(44-57)48-22-17-23-49(42-48)52-38-41-66-62(45-52)61-35-14-16-37-65(61)69(66)55-30-11-4-12-31-55/h1-2,5-9,11,13-14,16-35,37-46H,3-4,10,12,15,36H2. The van der Waals surface area contributed by atoms with Crippen LogP contribution in [0.25, 0.3) is 66.5 Å². The van der Waals surface area contributed by atoms with Gasteiger partial charge in [-0.15, -0.1) is 0 Å². The molecule has 1 heterocycles. The van der Waals surface area contributed by atoms with Crippen LogP contribution in [0.15, 0.2) is 254 Å². The minimum absolute atomic E-state index is 0.383. The number of hydrogen-bond donors (Lipinski definition) is 0. The molecule has 0 N–H and O–H groups in total. The Morgan fingerprint density at radius 1 is 0.406 bits per heavy atom. The Bertz CT molecular complexity index is 3670. The lowest BCUT2D eigenvalue weighted by molar-refractivity contribution is 0.686. The lowest BCUT2D eigenvalue weighted by Crippen LogP contribution is -2.31. The summed E-state index contributed by atoms with van der Waals surface area (Å²) in [6.07, 6.45) is 25.4. The third-order valence-electron chi connectivity index (χ3n) is 15.0. The van der Waals surface area contributed by atoms with Gasteiger partial charge in [0.2, 0.25) is 0 Å². The summed E-state index contributed by atoms with van der Waals surface area (Å²) in [7, 11) is 0. The first-order chi connectivity index (χ1) is 34.2. The van der Waals surface area contributed by atoms with E-state index in [-0.39, 0.29) is 5.41 Å². The number of fused-ring (bicyclic) bond motifs is 5. The Morgan fingerprint density at radius 3 is 1.75 bits per heavy atom. The van der Waals surface area contributed by atoms with E-state index in [1.165, 1.54) is 94.3 Å². The zero-order valence-electron chi connectivity index (χ0n) is 38.7. The summed E-state index contributed by atoms with van der Waals surface area (Å²) in [6.45, 7) is 0. The number of hydrogen-bond acceptors (Lipinski definition) is 1. The summed E-state index contributed by atoms with van der Waals surface area (Å²) in [4.78, 5) is 2.48. The van der Waals surface area contributed by atoms with Gasteiger partial charge in [-0.3, -0.25) is 0 Å². The molecule has 69 heavy (non-hydrogen) atoms. The maximum atomic E-state index is 2.52. The first-order valence-electron chi connectivity index (χ1n) is 24.8. The molecule has 9 aromatic rings. The molecule has 0 bridgehead atoms. The van der Waals surface area contributed by atoms with E-state index in [4.69, 9.17) is 0 Å². The average Bonchev–Trinajstić information content (AvgIpc) is 3.92. The largest absolute Gasteiger partial charge is 0.310 e. The summed E-state index contributed by atoms with van der Waals surface area (Å²) in [5, 5.41) is 2.55. The van der Waals surface area contributed by atoms with Gasteiger partial charge in [-0.05, 0) is 172 Å². The van der Waals surface area contributed by atoms with Crippen LogP contribution in [0.2, 0.25) is 0 Å². The van der Waals surface area contributed by atoms with Crippen molar-refractivity contribution in [3.05, 3.63) is 271 Å². The fourth-order valence-corrected chi connectivity index (χ4v) is 11.9. The summed E-state index contributed by atoms with van der Waals surface area (Å²) in [6, 6.07) is 72.5. The molecule has 2 heteroatoms.